The standard InChI is InChI=1S/C22H20FNO3S/c1-22(2,3)27-21(26)17-12-16(14-5-4-6-15(23)11-14)20(25)24-9-7-13-8-10-28-19(13)18(17)24/h4-6,8,10-12H,7,9H2,1-3H3. The molecule has 0 amide bonds. The summed E-state index contributed by atoms with van der Waals surface area (Å²) < 4.78 is 21.0. The topological polar surface area (TPSA) is 48.3 Å². The first-order valence-corrected chi connectivity index (χ1v) is 9.96. The molecule has 0 saturated carbocycles. The van der Waals surface area contributed by atoms with Crippen LogP contribution in [0, 0.1) is 5.82 Å². The van der Waals surface area contributed by atoms with Crippen molar-refractivity contribution in [1.82, 2.24) is 4.57 Å². The Balaban J connectivity index is 1.99. The van der Waals surface area contributed by atoms with E-state index in [1.165, 1.54) is 23.5 Å². The highest BCUT2D eigenvalue weighted by atomic mass is 32.1. The van der Waals surface area contributed by atoms with E-state index >= 15 is 0 Å². The molecular weight excluding hydrogens is 377 g/mol. The lowest BCUT2D eigenvalue weighted by atomic mass is 9.98. The van der Waals surface area contributed by atoms with E-state index in [1.54, 1.807) is 43.5 Å². The molecule has 0 bridgehead atoms. The van der Waals surface area contributed by atoms with E-state index in [4.69, 9.17) is 4.74 Å². The zero-order chi connectivity index (χ0) is 20.1. The summed E-state index contributed by atoms with van der Waals surface area (Å²) in [7, 11) is 0. The highest BCUT2D eigenvalue weighted by Gasteiger charge is 2.29. The highest BCUT2D eigenvalue weighted by molar-refractivity contribution is 7.13. The van der Waals surface area contributed by atoms with Crippen LogP contribution in [-0.4, -0.2) is 16.1 Å². The summed E-state index contributed by atoms with van der Waals surface area (Å²) in [4.78, 5) is 27.1. The summed E-state index contributed by atoms with van der Waals surface area (Å²) in [6.07, 6.45) is 0.714. The lowest BCUT2D eigenvalue weighted by Crippen LogP contribution is -2.31. The molecule has 0 N–H and O–H groups in total. The third-order valence-electron chi connectivity index (χ3n) is 4.61. The summed E-state index contributed by atoms with van der Waals surface area (Å²) in [5, 5.41) is 1.96. The number of aromatic nitrogens is 1. The van der Waals surface area contributed by atoms with Crippen LogP contribution in [-0.2, 0) is 17.7 Å². The monoisotopic (exact) mass is 397 g/mol. The molecule has 28 heavy (non-hydrogen) atoms. The minimum Gasteiger partial charge on any atom is -0.456 e. The summed E-state index contributed by atoms with van der Waals surface area (Å²) >= 11 is 1.50. The number of carbonyl (C=O) groups is 1. The van der Waals surface area contributed by atoms with Gasteiger partial charge in [-0.15, -0.1) is 11.3 Å². The van der Waals surface area contributed by atoms with Crippen molar-refractivity contribution in [3.63, 3.8) is 0 Å². The molecule has 4 nitrogen and oxygen atoms in total. The lowest BCUT2D eigenvalue weighted by molar-refractivity contribution is 0.00696. The van der Waals surface area contributed by atoms with Crippen molar-refractivity contribution in [2.24, 2.45) is 0 Å². The molecule has 0 radical (unpaired) electrons. The number of ether oxygens (including phenoxy) is 1. The predicted molar refractivity (Wildman–Crippen MR) is 108 cm³/mol. The molecule has 3 aromatic rings. The Morgan fingerprint density at radius 1 is 1.21 bits per heavy atom. The van der Waals surface area contributed by atoms with E-state index in [0.717, 1.165) is 10.4 Å². The minimum absolute atomic E-state index is 0.230. The van der Waals surface area contributed by atoms with Gasteiger partial charge in [0.2, 0.25) is 0 Å². The second kappa shape index (κ2) is 6.71. The SMILES string of the molecule is CC(C)(C)OC(=O)c1cc(-c2cccc(F)c2)c(=O)n2c1-c1sccc1CC2. The van der Waals surface area contributed by atoms with Gasteiger partial charge in [-0.25, -0.2) is 9.18 Å². The van der Waals surface area contributed by atoms with E-state index in [1.807, 2.05) is 11.4 Å². The van der Waals surface area contributed by atoms with Crippen LogP contribution in [0.5, 0.6) is 0 Å². The Morgan fingerprint density at radius 3 is 2.71 bits per heavy atom. The van der Waals surface area contributed by atoms with Crippen LogP contribution in [0.1, 0.15) is 36.7 Å². The van der Waals surface area contributed by atoms with Crippen molar-refractivity contribution in [2.45, 2.75) is 39.3 Å². The van der Waals surface area contributed by atoms with Gasteiger partial charge in [0, 0.05) is 12.1 Å². The number of thiophene rings is 1. The number of nitrogens with zero attached hydrogens (tertiary/aromatic N) is 1. The number of esters is 1. The average Bonchev–Trinajstić information content (AvgIpc) is 3.09. The first-order valence-electron chi connectivity index (χ1n) is 9.08. The first-order chi connectivity index (χ1) is 13.2. The molecule has 144 valence electrons. The van der Waals surface area contributed by atoms with Gasteiger partial charge < -0.3 is 9.30 Å². The molecule has 0 atom stereocenters. The normalized spacial score (nSPS) is 13.0. The summed E-state index contributed by atoms with van der Waals surface area (Å²) in [6, 6.07) is 9.43. The van der Waals surface area contributed by atoms with Crippen molar-refractivity contribution in [2.75, 3.05) is 0 Å². The summed E-state index contributed by atoms with van der Waals surface area (Å²) in [6.45, 7) is 5.88. The van der Waals surface area contributed by atoms with Gasteiger partial charge in [0.25, 0.3) is 5.56 Å². The Bertz CT molecular complexity index is 1140. The maximum atomic E-state index is 13.8. The Labute approximate surface area is 166 Å². The number of pyridine rings is 1. The van der Waals surface area contributed by atoms with Gasteiger partial charge in [0.05, 0.1) is 16.1 Å². The lowest BCUT2D eigenvalue weighted by Gasteiger charge is -2.25. The van der Waals surface area contributed by atoms with Crippen molar-refractivity contribution in [3.8, 4) is 21.7 Å². The maximum Gasteiger partial charge on any atom is 0.340 e. The molecule has 1 aliphatic rings. The number of rotatable bonds is 2. The van der Waals surface area contributed by atoms with Crippen molar-refractivity contribution in [3.05, 3.63) is 69.1 Å². The van der Waals surface area contributed by atoms with Crippen molar-refractivity contribution >= 4 is 17.3 Å². The molecule has 0 aliphatic carbocycles. The highest BCUT2D eigenvalue weighted by Crippen LogP contribution is 2.37. The number of hydrogen-bond donors (Lipinski definition) is 0. The average molecular weight is 397 g/mol. The maximum absolute atomic E-state index is 13.8. The number of fused-ring (bicyclic) bond motifs is 3. The fourth-order valence-electron chi connectivity index (χ4n) is 3.45. The third-order valence-corrected chi connectivity index (χ3v) is 5.57. The molecule has 0 saturated heterocycles. The molecular formula is C22H20FNO3S. The summed E-state index contributed by atoms with van der Waals surface area (Å²) in [5.41, 5.74) is 1.88. The number of hydrogen-bond acceptors (Lipinski definition) is 4. The first kappa shape index (κ1) is 18.6. The van der Waals surface area contributed by atoms with Gasteiger partial charge in [-0.2, -0.15) is 0 Å². The van der Waals surface area contributed by atoms with Crippen molar-refractivity contribution < 1.29 is 13.9 Å². The minimum atomic E-state index is -0.670. The fourth-order valence-corrected chi connectivity index (χ4v) is 4.47. The second-order valence-electron chi connectivity index (χ2n) is 7.81. The van der Waals surface area contributed by atoms with Gasteiger partial charge in [-0.05, 0) is 68.0 Å². The molecule has 6 heteroatoms. The van der Waals surface area contributed by atoms with Crippen molar-refractivity contribution in [1.29, 1.82) is 0 Å². The third kappa shape index (κ3) is 3.29. The van der Waals surface area contributed by atoms with Gasteiger partial charge in [-0.1, -0.05) is 12.1 Å². The number of halogens is 1. The van der Waals surface area contributed by atoms with E-state index in [2.05, 4.69) is 0 Å². The Morgan fingerprint density at radius 2 is 2.00 bits per heavy atom. The molecule has 2 aromatic heterocycles. The van der Waals surface area contributed by atoms with Crippen LogP contribution >= 0.6 is 11.3 Å². The zero-order valence-corrected chi connectivity index (χ0v) is 16.7. The van der Waals surface area contributed by atoms with E-state index < -0.39 is 17.4 Å². The van der Waals surface area contributed by atoms with E-state index in [0.29, 0.717) is 35.3 Å². The Kier molecular flexibility index (Phi) is 4.46. The molecule has 1 aliphatic heterocycles. The van der Waals surface area contributed by atoms with Crippen LogP contribution in [0.4, 0.5) is 4.39 Å². The molecule has 1 aromatic carbocycles. The Hall–Kier alpha value is -2.73. The van der Waals surface area contributed by atoms with Crippen LogP contribution < -0.4 is 5.56 Å². The summed E-state index contributed by atoms with van der Waals surface area (Å²) in [5.74, 6) is -0.922. The fraction of sp³-hybridized carbons (Fsp3) is 0.273. The van der Waals surface area contributed by atoms with E-state index in [-0.39, 0.29) is 5.56 Å². The quantitative estimate of drug-likeness (QED) is 0.578. The van der Waals surface area contributed by atoms with Crippen LogP contribution in [0.15, 0.2) is 46.6 Å². The number of aryl methyl sites for hydroxylation is 1. The number of carbonyl (C=O) groups excluding carboxylic acids is 1. The van der Waals surface area contributed by atoms with Gasteiger partial charge in [0.15, 0.2) is 0 Å². The van der Waals surface area contributed by atoms with Gasteiger partial charge in [-0.3, -0.25) is 4.79 Å². The van der Waals surface area contributed by atoms with Crippen LogP contribution in [0.2, 0.25) is 0 Å². The van der Waals surface area contributed by atoms with Gasteiger partial charge in [0.1, 0.15) is 11.4 Å². The number of benzene rings is 1. The zero-order valence-electron chi connectivity index (χ0n) is 15.9. The second-order valence-corrected chi connectivity index (χ2v) is 8.73. The van der Waals surface area contributed by atoms with Gasteiger partial charge >= 0.3 is 5.97 Å². The molecule has 4 rings (SSSR count). The predicted octanol–water partition coefficient (Wildman–Crippen LogP) is 4.89. The van der Waals surface area contributed by atoms with E-state index in [9.17, 15) is 14.0 Å². The van der Waals surface area contributed by atoms with Crippen LogP contribution in [0.25, 0.3) is 21.7 Å². The largest absolute Gasteiger partial charge is 0.456 e. The molecule has 0 fully saturated rings. The molecule has 0 unspecified atom stereocenters. The smallest absolute Gasteiger partial charge is 0.340 e. The molecule has 0 spiro atoms. The molecule has 3 heterocycles. The van der Waals surface area contributed by atoms with Crippen LogP contribution in [0.3, 0.4) is 0 Å².